The van der Waals surface area contributed by atoms with E-state index in [0.29, 0.717) is 6.54 Å². The monoisotopic (exact) mass is 348 g/mol. The van der Waals surface area contributed by atoms with E-state index in [9.17, 15) is 0 Å². The first kappa shape index (κ1) is 15.9. The standard InChI is InChI=1S/C17H21BrN2O/c1-20(12-13-4-3-5-16(10-13)21-2)17-7-6-15(18)11-14(17)8-9-19/h3-7,10-11H,8-9,12,19H2,1-2H3. The molecule has 112 valence electrons. The summed E-state index contributed by atoms with van der Waals surface area (Å²) in [5.74, 6) is 0.888. The molecule has 0 saturated heterocycles. The van der Waals surface area contributed by atoms with Gasteiger partial charge in [0.15, 0.2) is 0 Å². The Balaban J connectivity index is 2.21. The van der Waals surface area contributed by atoms with Gasteiger partial charge in [-0.3, -0.25) is 0 Å². The molecule has 0 spiro atoms. The van der Waals surface area contributed by atoms with Crippen molar-refractivity contribution in [2.24, 2.45) is 5.73 Å². The predicted molar refractivity (Wildman–Crippen MR) is 92.0 cm³/mol. The van der Waals surface area contributed by atoms with Gasteiger partial charge in [0.05, 0.1) is 7.11 Å². The van der Waals surface area contributed by atoms with Crippen LogP contribution in [0.1, 0.15) is 11.1 Å². The van der Waals surface area contributed by atoms with Crippen molar-refractivity contribution in [3.8, 4) is 5.75 Å². The Bertz CT molecular complexity index is 601. The lowest BCUT2D eigenvalue weighted by Gasteiger charge is -2.23. The summed E-state index contributed by atoms with van der Waals surface area (Å²) in [5.41, 5.74) is 9.42. The SMILES string of the molecule is COc1cccc(CN(C)c2ccc(Br)cc2CCN)c1. The lowest BCUT2D eigenvalue weighted by molar-refractivity contribution is 0.414. The number of nitrogens with zero attached hydrogens (tertiary/aromatic N) is 1. The van der Waals surface area contributed by atoms with Crippen LogP contribution in [0.15, 0.2) is 46.9 Å². The van der Waals surface area contributed by atoms with Gasteiger partial charge in [-0.2, -0.15) is 0 Å². The van der Waals surface area contributed by atoms with Crippen LogP contribution in [0.4, 0.5) is 5.69 Å². The molecule has 0 saturated carbocycles. The molecule has 0 aromatic heterocycles. The fraction of sp³-hybridized carbons (Fsp3) is 0.294. The molecule has 21 heavy (non-hydrogen) atoms. The molecule has 2 aromatic carbocycles. The molecule has 2 N–H and O–H groups in total. The maximum atomic E-state index is 5.72. The van der Waals surface area contributed by atoms with Gasteiger partial charge >= 0.3 is 0 Å². The van der Waals surface area contributed by atoms with E-state index in [2.05, 4.69) is 58.2 Å². The molecule has 0 fully saturated rings. The molecule has 0 aliphatic rings. The smallest absolute Gasteiger partial charge is 0.119 e. The van der Waals surface area contributed by atoms with Crippen LogP contribution in [0.2, 0.25) is 0 Å². The van der Waals surface area contributed by atoms with E-state index in [-0.39, 0.29) is 0 Å². The summed E-state index contributed by atoms with van der Waals surface area (Å²) in [6, 6.07) is 14.5. The molecule has 0 bridgehead atoms. The highest BCUT2D eigenvalue weighted by Gasteiger charge is 2.09. The number of hydrogen-bond acceptors (Lipinski definition) is 3. The van der Waals surface area contributed by atoms with Gasteiger partial charge in [0.2, 0.25) is 0 Å². The number of nitrogens with two attached hydrogens (primary N) is 1. The minimum absolute atomic E-state index is 0.649. The lowest BCUT2D eigenvalue weighted by atomic mass is 10.1. The van der Waals surface area contributed by atoms with Gasteiger partial charge in [-0.1, -0.05) is 28.1 Å². The summed E-state index contributed by atoms with van der Waals surface area (Å²) >= 11 is 3.53. The summed E-state index contributed by atoms with van der Waals surface area (Å²) in [4.78, 5) is 2.24. The molecule has 0 amide bonds. The second-order valence-electron chi connectivity index (χ2n) is 5.02. The van der Waals surface area contributed by atoms with Crippen LogP contribution in [0.5, 0.6) is 5.75 Å². The Morgan fingerprint density at radius 2 is 2.00 bits per heavy atom. The molecular formula is C17H21BrN2O. The Morgan fingerprint density at radius 3 is 2.71 bits per heavy atom. The Kier molecular flexibility index (Phi) is 5.65. The van der Waals surface area contributed by atoms with Crippen molar-refractivity contribution >= 4 is 21.6 Å². The van der Waals surface area contributed by atoms with Gasteiger partial charge in [0, 0.05) is 23.8 Å². The van der Waals surface area contributed by atoms with E-state index in [1.54, 1.807) is 7.11 Å². The molecule has 0 heterocycles. The second-order valence-corrected chi connectivity index (χ2v) is 5.93. The maximum Gasteiger partial charge on any atom is 0.119 e. The second kappa shape index (κ2) is 7.48. The highest BCUT2D eigenvalue weighted by atomic mass is 79.9. The number of hydrogen-bond donors (Lipinski definition) is 1. The highest BCUT2D eigenvalue weighted by molar-refractivity contribution is 9.10. The summed E-state index contributed by atoms with van der Waals surface area (Å²) in [7, 11) is 3.79. The zero-order chi connectivity index (χ0) is 15.2. The number of rotatable bonds is 6. The Hall–Kier alpha value is -1.52. The lowest BCUT2D eigenvalue weighted by Crippen LogP contribution is -2.19. The van der Waals surface area contributed by atoms with Crippen molar-refractivity contribution < 1.29 is 4.74 Å². The third kappa shape index (κ3) is 4.22. The van der Waals surface area contributed by atoms with Gasteiger partial charge in [-0.25, -0.2) is 0 Å². The van der Waals surface area contributed by atoms with Crippen LogP contribution < -0.4 is 15.4 Å². The third-order valence-electron chi connectivity index (χ3n) is 3.42. The number of halogens is 1. The predicted octanol–water partition coefficient (Wildman–Crippen LogP) is 3.60. The number of benzene rings is 2. The van der Waals surface area contributed by atoms with Crippen molar-refractivity contribution in [3.05, 3.63) is 58.1 Å². The molecule has 4 heteroatoms. The van der Waals surface area contributed by atoms with Gasteiger partial charge < -0.3 is 15.4 Å². The largest absolute Gasteiger partial charge is 0.497 e. The first-order valence-corrected chi connectivity index (χ1v) is 7.76. The molecule has 0 unspecified atom stereocenters. The number of ether oxygens (including phenoxy) is 1. The third-order valence-corrected chi connectivity index (χ3v) is 3.91. The highest BCUT2D eigenvalue weighted by Crippen LogP contribution is 2.26. The van der Waals surface area contributed by atoms with Gasteiger partial charge in [0.1, 0.15) is 5.75 Å². The van der Waals surface area contributed by atoms with E-state index in [1.165, 1.54) is 16.8 Å². The normalized spacial score (nSPS) is 10.5. The van der Waals surface area contributed by atoms with E-state index in [4.69, 9.17) is 10.5 Å². The average Bonchev–Trinajstić information content (AvgIpc) is 2.48. The van der Waals surface area contributed by atoms with Crippen molar-refractivity contribution in [3.63, 3.8) is 0 Å². The van der Waals surface area contributed by atoms with Crippen LogP contribution in [0.25, 0.3) is 0 Å². The minimum atomic E-state index is 0.649. The van der Waals surface area contributed by atoms with Crippen LogP contribution in [-0.2, 0) is 13.0 Å². The molecule has 2 aromatic rings. The first-order chi connectivity index (χ1) is 10.1. The van der Waals surface area contributed by atoms with Crippen LogP contribution >= 0.6 is 15.9 Å². The molecule has 0 radical (unpaired) electrons. The van der Waals surface area contributed by atoms with Gasteiger partial charge in [-0.15, -0.1) is 0 Å². The summed E-state index contributed by atoms with van der Waals surface area (Å²) in [6.45, 7) is 1.48. The van der Waals surface area contributed by atoms with Crippen LogP contribution in [0.3, 0.4) is 0 Å². The van der Waals surface area contributed by atoms with Crippen LogP contribution in [0, 0.1) is 0 Å². The minimum Gasteiger partial charge on any atom is -0.497 e. The summed E-state index contributed by atoms with van der Waals surface area (Å²) < 4.78 is 6.37. The van der Waals surface area contributed by atoms with Crippen LogP contribution in [-0.4, -0.2) is 20.7 Å². The van der Waals surface area contributed by atoms with E-state index in [0.717, 1.165) is 23.2 Å². The molecular weight excluding hydrogens is 328 g/mol. The van der Waals surface area contributed by atoms with Gasteiger partial charge in [-0.05, 0) is 54.4 Å². The quantitative estimate of drug-likeness (QED) is 0.866. The molecule has 0 atom stereocenters. The summed E-state index contributed by atoms with van der Waals surface area (Å²) in [6.07, 6.45) is 0.872. The van der Waals surface area contributed by atoms with Crippen molar-refractivity contribution in [2.75, 3.05) is 25.6 Å². The molecule has 2 rings (SSSR count). The van der Waals surface area contributed by atoms with Crippen molar-refractivity contribution in [2.45, 2.75) is 13.0 Å². The maximum absolute atomic E-state index is 5.72. The Labute approximate surface area is 134 Å². The zero-order valence-electron chi connectivity index (χ0n) is 12.5. The fourth-order valence-corrected chi connectivity index (χ4v) is 2.82. The first-order valence-electron chi connectivity index (χ1n) is 6.96. The zero-order valence-corrected chi connectivity index (χ0v) is 14.1. The van der Waals surface area contributed by atoms with Crippen molar-refractivity contribution in [1.82, 2.24) is 0 Å². The summed E-state index contributed by atoms with van der Waals surface area (Å²) in [5, 5.41) is 0. The topological polar surface area (TPSA) is 38.5 Å². The van der Waals surface area contributed by atoms with E-state index < -0.39 is 0 Å². The van der Waals surface area contributed by atoms with E-state index in [1.807, 2.05) is 12.1 Å². The average molecular weight is 349 g/mol. The van der Waals surface area contributed by atoms with E-state index >= 15 is 0 Å². The number of methoxy groups -OCH3 is 1. The molecule has 3 nitrogen and oxygen atoms in total. The van der Waals surface area contributed by atoms with Gasteiger partial charge in [0.25, 0.3) is 0 Å². The molecule has 0 aliphatic heterocycles. The number of anilines is 1. The van der Waals surface area contributed by atoms with Crippen molar-refractivity contribution in [1.29, 1.82) is 0 Å². The Morgan fingerprint density at radius 1 is 1.19 bits per heavy atom. The molecule has 0 aliphatic carbocycles. The fourth-order valence-electron chi connectivity index (χ4n) is 2.41.